The summed E-state index contributed by atoms with van der Waals surface area (Å²) in [6, 6.07) is 11.2. The number of nitrogens with one attached hydrogen (secondary N) is 1. The number of hydrogen-bond acceptors (Lipinski definition) is 6. The third kappa shape index (κ3) is 3.22. The van der Waals surface area contributed by atoms with Crippen LogP contribution < -0.4 is 9.77 Å². The number of phenols is 1. The van der Waals surface area contributed by atoms with Gasteiger partial charge in [-0.25, -0.2) is 0 Å². The number of thiazole rings is 1. The topological polar surface area (TPSA) is 90.5 Å². The van der Waals surface area contributed by atoms with Gasteiger partial charge >= 0.3 is 11.0 Å². The molecule has 3 aromatic rings. The largest absolute Gasteiger partial charge is 0.508 e. The van der Waals surface area contributed by atoms with E-state index in [9.17, 15) is 32.7 Å². The minimum Gasteiger partial charge on any atom is -0.508 e. The minimum absolute atomic E-state index is 0.0268. The number of aromatic amines is 1. The van der Waals surface area contributed by atoms with Gasteiger partial charge in [0, 0.05) is 16.0 Å². The number of phenolic OH excluding ortho intramolecular Hbond substituents is 1. The number of H-pyrrole nitrogens is 1. The second-order valence-corrected chi connectivity index (χ2v) is 12.3. The smallest absolute Gasteiger partial charge is 0.416 e. The molecule has 1 aromatic heterocycles. The van der Waals surface area contributed by atoms with Crippen LogP contribution in [0.5, 0.6) is 5.75 Å². The SMILES string of the molecule is O=C1[C@@H]2[C@H]3C[C@@H]([C@@H]2C(=O)N1c1cccc(C(F)(F)F)c1)[C@@H]1[C@@H](c2ccc(O)cc2)c2sc(=O)[nH]c2S[C@@H]31. The Bertz CT molecular complexity index is 1510. The molecular weight excluding hydrogens is 525 g/mol. The van der Waals surface area contributed by atoms with Crippen LogP contribution in [0.15, 0.2) is 58.4 Å². The van der Waals surface area contributed by atoms with Gasteiger partial charge < -0.3 is 10.1 Å². The Balaban J connectivity index is 1.30. The van der Waals surface area contributed by atoms with Crippen LogP contribution >= 0.6 is 23.1 Å². The molecule has 190 valence electrons. The van der Waals surface area contributed by atoms with Crippen molar-refractivity contribution >= 4 is 40.6 Å². The fourth-order valence-electron chi connectivity index (χ4n) is 7.15. The van der Waals surface area contributed by atoms with Crippen LogP contribution in [0, 0.1) is 29.6 Å². The molecule has 7 rings (SSSR count). The fourth-order valence-corrected chi connectivity index (χ4v) is 10.0. The first-order chi connectivity index (χ1) is 17.6. The second-order valence-electron chi connectivity index (χ2n) is 10.1. The van der Waals surface area contributed by atoms with E-state index >= 15 is 0 Å². The molecule has 4 aliphatic rings. The number of carbonyl (C=O) groups is 2. The Morgan fingerprint density at radius 1 is 0.973 bits per heavy atom. The van der Waals surface area contributed by atoms with Gasteiger partial charge in [-0.1, -0.05) is 29.5 Å². The average molecular weight is 545 g/mol. The van der Waals surface area contributed by atoms with Crippen molar-refractivity contribution in [2.75, 3.05) is 4.90 Å². The number of rotatable bonds is 2. The summed E-state index contributed by atoms with van der Waals surface area (Å²) in [5.41, 5.74) is -0.0383. The number of anilines is 1. The van der Waals surface area contributed by atoms with Crippen molar-refractivity contribution in [1.29, 1.82) is 0 Å². The maximum atomic E-state index is 13.7. The molecule has 2 saturated carbocycles. The molecule has 6 nitrogen and oxygen atoms in total. The summed E-state index contributed by atoms with van der Waals surface area (Å²) in [6.07, 6.45) is -3.91. The molecule has 0 radical (unpaired) electrons. The number of fused-ring (bicyclic) bond motifs is 9. The van der Waals surface area contributed by atoms with Gasteiger partial charge in [0.1, 0.15) is 5.75 Å². The Kier molecular flexibility index (Phi) is 4.83. The van der Waals surface area contributed by atoms with Crippen molar-refractivity contribution in [1.82, 2.24) is 4.98 Å². The lowest BCUT2D eigenvalue weighted by atomic mass is 9.68. The molecule has 37 heavy (non-hydrogen) atoms. The standard InChI is InChI=1S/C26H19F3N2O4S2/c27-26(28,29)11-2-1-3-12(8-11)31-23(33)18-14-9-15(19(18)24(31)34)20-17(14)16(10-4-6-13(32)7-5-10)21-22(36-20)30-25(35)37-21/h1-8,14-20,32H,9H2,(H,30,35)/t14-,15-,16-,17-,18+,19-,20+/m1/s1. The summed E-state index contributed by atoms with van der Waals surface area (Å²) in [5.74, 6) is -2.45. The van der Waals surface area contributed by atoms with Gasteiger partial charge in [-0.05, 0) is 60.1 Å². The normalized spacial score (nSPS) is 32.0. The van der Waals surface area contributed by atoms with Gasteiger partial charge in [0.2, 0.25) is 11.8 Å². The summed E-state index contributed by atoms with van der Waals surface area (Å²) in [5, 5.41) is 10.6. The predicted molar refractivity (Wildman–Crippen MR) is 131 cm³/mol. The maximum Gasteiger partial charge on any atom is 0.416 e. The van der Waals surface area contributed by atoms with E-state index in [1.165, 1.54) is 12.1 Å². The van der Waals surface area contributed by atoms with E-state index in [0.29, 0.717) is 6.42 Å². The summed E-state index contributed by atoms with van der Waals surface area (Å²) in [6.45, 7) is 0. The molecule has 2 N–H and O–H groups in total. The van der Waals surface area contributed by atoms with Gasteiger partial charge in [0.05, 0.1) is 28.1 Å². The van der Waals surface area contributed by atoms with E-state index in [0.717, 1.165) is 43.8 Å². The van der Waals surface area contributed by atoms with Crippen LogP contribution in [-0.4, -0.2) is 27.2 Å². The van der Waals surface area contributed by atoms with Crippen molar-refractivity contribution < 1.29 is 27.9 Å². The van der Waals surface area contributed by atoms with Crippen molar-refractivity contribution in [3.8, 4) is 5.75 Å². The third-order valence-electron chi connectivity index (χ3n) is 8.41. The first-order valence-corrected chi connectivity index (χ1v) is 13.6. The lowest BCUT2D eigenvalue weighted by molar-refractivity contribution is -0.137. The minimum atomic E-state index is -4.59. The van der Waals surface area contributed by atoms with Crippen molar-refractivity contribution in [3.05, 3.63) is 74.2 Å². The molecule has 2 amide bonds. The molecule has 11 heteroatoms. The van der Waals surface area contributed by atoms with Gasteiger partial charge in [0.25, 0.3) is 0 Å². The number of thioether (sulfide) groups is 1. The number of halogens is 3. The highest BCUT2D eigenvalue weighted by molar-refractivity contribution is 8.00. The Morgan fingerprint density at radius 2 is 1.68 bits per heavy atom. The summed E-state index contributed by atoms with van der Waals surface area (Å²) in [4.78, 5) is 44.2. The third-order valence-corrected chi connectivity index (χ3v) is 11.0. The van der Waals surface area contributed by atoms with E-state index in [-0.39, 0.29) is 45.2 Å². The molecule has 0 spiro atoms. The molecule has 3 heterocycles. The van der Waals surface area contributed by atoms with Gasteiger partial charge in [0.15, 0.2) is 0 Å². The molecule has 0 unspecified atom stereocenters. The molecular formula is C26H19F3N2O4S2. The fraction of sp³-hybridized carbons (Fsp3) is 0.346. The monoisotopic (exact) mass is 544 g/mol. The number of nitrogens with zero attached hydrogens (tertiary/aromatic N) is 1. The number of aromatic nitrogens is 1. The van der Waals surface area contributed by atoms with E-state index in [1.807, 2.05) is 12.1 Å². The van der Waals surface area contributed by atoms with Crippen molar-refractivity contribution in [2.45, 2.75) is 28.8 Å². The second kappa shape index (κ2) is 7.73. The number of imide groups is 1. The number of aromatic hydroxyl groups is 1. The van der Waals surface area contributed by atoms with Crippen LogP contribution in [0.25, 0.3) is 0 Å². The number of carbonyl (C=O) groups excluding carboxylic acids is 2. The van der Waals surface area contributed by atoms with Crippen molar-refractivity contribution in [3.63, 3.8) is 0 Å². The van der Waals surface area contributed by atoms with Crippen LogP contribution in [0.4, 0.5) is 18.9 Å². The molecule has 2 aliphatic carbocycles. The highest BCUT2D eigenvalue weighted by atomic mass is 32.2. The van der Waals surface area contributed by atoms with Crippen LogP contribution in [0.3, 0.4) is 0 Å². The highest BCUT2D eigenvalue weighted by Gasteiger charge is 2.69. The van der Waals surface area contributed by atoms with E-state index in [2.05, 4.69) is 4.98 Å². The highest BCUT2D eigenvalue weighted by Crippen LogP contribution is 2.68. The predicted octanol–water partition coefficient (Wildman–Crippen LogP) is 4.84. The average Bonchev–Trinajstić information content (AvgIpc) is 3.58. The van der Waals surface area contributed by atoms with Crippen LogP contribution in [0.2, 0.25) is 0 Å². The molecule has 2 aliphatic heterocycles. The number of alkyl halides is 3. The summed E-state index contributed by atoms with van der Waals surface area (Å²) < 4.78 is 40.0. The maximum absolute atomic E-state index is 13.7. The number of hydrogen-bond donors (Lipinski definition) is 2. The zero-order valence-electron chi connectivity index (χ0n) is 18.9. The Labute approximate surface area is 216 Å². The van der Waals surface area contributed by atoms with Crippen LogP contribution in [0.1, 0.15) is 28.3 Å². The van der Waals surface area contributed by atoms with Gasteiger partial charge in [-0.15, -0.1) is 11.8 Å². The molecule has 7 atom stereocenters. The first-order valence-electron chi connectivity index (χ1n) is 11.9. The lowest BCUT2D eigenvalue weighted by Crippen LogP contribution is -2.42. The quantitative estimate of drug-likeness (QED) is 0.451. The van der Waals surface area contributed by atoms with Gasteiger partial charge in [-0.2, -0.15) is 13.2 Å². The number of benzene rings is 2. The molecule has 2 bridgehead atoms. The molecule has 3 fully saturated rings. The molecule has 2 aromatic carbocycles. The Morgan fingerprint density at radius 3 is 2.38 bits per heavy atom. The van der Waals surface area contributed by atoms with Gasteiger partial charge in [-0.3, -0.25) is 19.3 Å². The van der Waals surface area contributed by atoms with E-state index < -0.39 is 35.4 Å². The zero-order chi connectivity index (χ0) is 25.8. The summed E-state index contributed by atoms with van der Waals surface area (Å²) in [7, 11) is 0. The van der Waals surface area contributed by atoms with E-state index in [4.69, 9.17) is 0 Å². The Hall–Kier alpha value is -3.05. The zero-order valence-corrected chi connectivity index (χ0v) is 20.6. The van der Waals surface area contributed by atoms with E-state index in [1.54, 1.807) is 23.9 Å². The summed E-state index contributed by atoms with van der Waals surface area (Å²) >= 11 is 2.68. The molecule has 1 saturated heterocycles. The van der Waals surface area contributed by atoms with Crippen LogP contribution in [-0.2, 0) is 15.8 Å². The lowest BCUT2D eigenvalue weighted by Gasteiger charge is -2.43. The number of amides is 2. The first kappa shape index (κ1) is 23.1. The van der Waals surface area contributed by atoms with Crippen molar-refractivity contribution in [2.24, 2.45) is 29.6 Å².